The molecule has 0 saturated heterocycles. The summed E-state index contributed by atoms with van der Waals surface area (Å²) in [4.78, 5) is 0. The number of alkyl halides is 3. The quantitative estimate of drug-likeness (QED) is 0.828. The Balaban J connectivity index is 2.50. The molecule has 1 aromatic rings. The molecule has 15 heavy (non-hydrogen) atoms. The van der Waals surface area contributed by atoms with Crippen LogP contribution in [0.15, 0.2) is 12.1 Å². The smallest absolute Gasteiger partial charge is 0.422 e. The van der Waals surface area contributed by atoms with E-state index in [0.717, 1.165) is 0 Å². The lowest BCUT2D eigenvalue weighted by Crippen LogP contribution is -2.20. The van der Waals surface area contributed by atoms with Crippen LogP contribution in [0.3, 0.4) is 0 Å². The molecule has 84 valence electrons. The van der Waals surface area contributed by atoms with E-state index in [4.69, 9.17) is 0 Å². The number of aromatic nitrogens is 2. The van der Waals surface area contributed by atoms with Crippen LogP contribution in [0.2, 0.25) is 0 Å². The SMILES string of the molecule is CNCc1ccc(OCC(F)(F)F)nn1. The molecule has 0 aliphatic heterocycles. The van der Waals surface area contributed by atoms with Gasteiger partial charge < -0.3 is 10.1 Å². The van der Waals surface area contributed by atoms with E-state index in [0.29, 0.717) is 12.2 Å². The number of ether oxygens (including phenoxy) is 1. The molecule has 0 bridgehead atoms. The molecule has 0 spiro atoms. The van der Waals surface area contributed by atoms with Crippen molar-refractivity contribution in [2.45, 2.75) is 12.7 Å². The van der Waals surface area contributed by atoms with Gasteiger partial charge in [-0.2, -0.15) is 18.3 Å². The molecule has 1 rings (SSSR count). The fourth-order valence-corrected chi connectivity index (χ4v) is 0.856. The first kappa shape index (κ1) is 11.7. The Morgan fingerprint density at radius 2 is 2.07 bits per heavy atom. The van der Waals surface area contributed by atoms with Crippen molar-refractivity contribution in [2.75, 3.05) is 13.7 Å². The Morgan fingerprint density at radius 1 is 1.33 bits per heavy atom. The van der Waals surface area contributed by atoms with Gasteiger partial charge in [0.15, 0.2) is 6.61 Å². The Kier molecular flexibility index (Phi) is 3.84. The molecule has 0 aliphatic carbocycles. The highest BCUT2D eigenvalue weighted by atomic mass is 19.4. The van der Waals surface area contributed by atoms with Crippen LogP contribution in [-0.4, -0.2) is 30.0 Å². The number of nitrogens with zero attached hydrogens (tertiary/aromatic N) is 2. The van der Waals surface area contributed by atoms with Gasteiger partial charge in [-0.15, -0.1) is 5.10 Å². The van der Waals surface area contributed by atoms with Crippen molar-refractivity contribution in [1.82, 2.24) is 15.5 Å². The molecule has 1 N–H and O–H groups in total. The molecular weight excluding hydrogens is 211 g/mol. The predicted molar refractivity (Wildman–Crippen MR) is 46.3 cm³/mol. The molecular formula is C8H10F3N3O. The van der Waals surface area contributed by atoms with E-state index in [2.05, 4.69) is 20.3 Å². The molecule has 0 aromatic carbocycles. The van der Waals surface area contributed by atoms with E-state index in [-0.39, 0.29) is 5.88 Å². The summed E-state index contributed by atoms with van der Waals surface area (Å²) in [5, 5.41) is 9.99. The molecule has 7 heteroatoms. The highest BCUT2D eigenvalue weighted by Crippen LogP contribution is 2.16. The van der Waals surface area contributed by atoms with Crippen LogP contribution in [0.1, 0.15) is 5.69 Å². The van der Waals surface area contributed by atoms with Gasteiger partial charge in [0.1, 0.15) is 0 Å². The minimum absolute atomic E-state index is 0.132. The topological polar surface area (TPSA) is 47.0 Å². The van der Waals surface area contributed by atoms with Gasteiger partial charge in [-0.1, -0.05) is 0 Å². The average Bonchev–Trinajstić information content (AvgIpc) is 2.16. The lowest BCUT2D eigenvalue weighted by atomic mass is 10.4. The monoisotopic (exact) mass is 221 g/mol. The van der Waals surface area contributed by atoms with Crippen molar-refractivity contribution in [3.8, 4) is 5.88 Å². The van der Waals surface area contributed by atoms with Crippen molar-refractivity contribution in [3.05, 3.63) is 17.8 Å². The third kappa shape index (κ3) is 4.59. The van der Waals surface area contributed by atoms with Crippen LogP contribution in [0.4, 0.5) is 13.2 Å². The number of hydrogen-bond donors (Lipinski definition) is 1. The summed E-state index contributed by atoms with van der Waals surface area (Å²) in [7, 11) is 1.73. The molecule has 0 amide bonds. The van der Waals surface area contributed by atoms with Gasteiger partial charge in [-0.25, -0.2) is 0 Å². The molecule has 0 saturated carbocycles. The third-order valence-electron chi connectivity index (χ3n) is 1.44. The number of rotatable bonds is 4. The summed E-state index contributed by atoms with van der Waals surface area (Å²) in [5.41, 5.74) is 0.636. The lowest BCUT2D eigenvalue weighted by Gasteiger charge is -2.07. The summed E-state index contributed by atoms with van der Waals surface area (Å²) in [6.45, 7) is -0.848. The first-order valence-corrected chi connectivity index (χ1v) is 4.18. The van der Waals surface area contributed by atoms with Crippen molar-refractivity contribution in [1.29, 1.82) is 0 Å². The summed E-state index contributed by atoms with van der Waals surface area (Å²) in [6, 6.07) is 2.90. The average molecular weight is 221 g/mol. The van der Waals surface area contributed by atoms with Crippen molar-refractivity contribution in [2.24, 2.45) is 0 Å². The molecule has 0 aliphatic rings. The number of nitrogens with one attached hydrogen (secondary N) is 1. The first-order valence-electron chi connectivity index (χ1n) is 4.18. The van der Waals surface area contributed by atoms with Crippen molar-refractivity contribution >= 4 is 0 Å². The Morgan fingerprint density at radius 3 is 2.53 bits per heavy atom. The van der Waals surface area contributed by atoms with Gasteiger partial charge in [-0.3, -0.25) is 0 Å². The zero-order valence-corrected chi connectivity index (χ0v) is 8.01. The van der Waals surface area contributed by atoms with Gasteiger partial charge >= 0.3 is 6.18 Å². The Labute approximate surface area is 84.5 Å². The van der Waals surface area contributed by atoms with Crippen LogP contribution >= 0.6 is 0 Å². The normalized spacial score (nSPS) is 11.5. The van der Waals surface area contributed by atoms with Crippen molar-refractivity contribution < 1.29 is 17.9 Å². The third-order valence-corrected chi connectivity index (χ3v) is 1.44. The molecule has 0 atom stereocenters. The van der Waals surface area contributed by atoms with E-state index in [1.54, 1.807) is 13.1 Å². The molecule has 4 nitrogen and oxygen atoms in total. The highest BCUT2D eigenvalue weighted by molar-refractivity contribution is 5.11. The van der Waals surface area contributed by atoms with Crippen LogP contribution in [0.5, 0.6) is 5.88 Å². The zero-order valence-electron chi connectivity index (χ0n) is 8.01. The maximum Gasteiger partial charge on any atom is 0.422 e. The minimum Gasteiger partial charge on any atom is -0.467 e. The Bertz CT molecular complexity index is 299. The molecule has 0 unspecified atom stereocenters. The second-order valence-electron chi connectivity index (χ2n) is 2.80. The second-order valence-corrected chi connectivity index (χ2v) is 2.80. The van der Waals surface area contributed by atoms with Crippen LogP contribution in [-0.2, 0) is 6.54 Å². The summed E-state index contributed by atoms with van der Waals surface area (Å²) in [6.07, 6.45) is -4.36. The Hall–Kier alpha value is -1.37. The summed E-state index contributed by atoms with van der Waals surface area (Å²) >= 11 is 0. The minimum atomic E-state index is -4.36. The van der Waals surface area contributed by atoms with E-state index in [1.807, 2.05) is 0 Å². The number of halogens is 3. The molecule has 0 fully saturated rings. The predicted octanol–water partition coefficient (Wildman–Crippen LogP) is 1.14. The van der Waals surface area contributed by atoms with Gasteiger partial charge in [0, 0.05) is 12.6 Å². The van der Waals surface area contributed by atoms with Crippen molar-refractivity contribution in [3.63, 3.8) is 0 Å². The fourth-order valence-electron chi connectivity index (χ4n) is 0.856. The second kappa shape index (κ2) is 4.92. The largest absolute Gasteiger partial charge is 0.467 e. The highest BCUT2D eigenvalue weighted by Gasteiger charge is 2.28. The summed E-state index contributed by atoms with van der Waals surface area (Å²) in [5.74, 6) is -0.132. The van der Waals surface area contributed by atoms with Gasteiger partial charge in [0.25, 0.3) is 0 Å². The first-order chi connectivity index (χ1) is 7.01. The maximum atomic E-state index is 11.8. The van der Waals surface area contributed by atoms with Crippen LogP contribution in [0, 0.1) is 0 Å². The van der Waals surface area contributed by atoms with E-state index < -0.39 is 12.8 Å². The van der Waals surface area contributed by atoms with Gasteiger partial charge in [0.2, 0.25) is 5.88 Å². The fraction of sp³-hybridized carbons (Fsp3) is 0.500. The maximum absolute atomic E-state index is 11.8. The van der Waals surface area contributed by atoms with E-state index >= 15 is 0 Å². The summed E-state index contributed by atoms with van der Waals surface area (Å²) < 4.78 is 39.7. The van der Waals surface area contributed by atoms with Gasteiger partial charge in [-0.05, 0) is 13.1 Å². The van der Waals surface area contributed by atoms with E-state index in [1.165, 1.54) is 6.07 Å². The van der Waals surface area contributed by atoms with Crippen LogP contribution in [0.25, 0.3) is 0 Å². The van der Waals surface area contributed by atoms with Gasteiger partial charge in [0.05, 0.1) is 5.69 Å². The number of hydrogen-bond acceptors (Lipinski definition) is 4. The molecule has 1 aromatic heterocycles. The lowest BCUT2D eigenvalue weighted by molar-refractivity contribution is -0.154. The van der Waals surface area contributed by atoms with Crippen LogP contribution < -0.4 is 10.1 Å². The molecule has 0 radical (unpaired) electrons. The zero-order chi connectivity index (χ0) is 11.3. The standard InChI is InChI=1S/C8H10F3N3O/c1-12-4-6-2-3-7(14-13-6)15-5-8(9,10)11/h2-3,12H,4-5H2,1H3. The molecule has 1 heterocycles. The van der Waals surface area contributed by atoms with E-state index in [9.17, 15) is 13.2 Å².